The van der Waals surface area contributed by atoms with Crippen molar-refractivity contribution in [3.8, 4) is 6.07 Å². The highest BCUT2D eigenvalue weighted by Gasteiger charge is 2.08. The minimum atomic E-state index is -0.0868. The predicted octanol–water partition coefficient (Wildman–Crippen LogP) is 2.13. The molecule has 1 aromatic rings. The first-order valence-electron chi connectivity index (χ1n) is 5.12. The van der Waals surface area contributed by atoms with Gasteiger partial charge in [-0.1, -0.05) is 13.8 Å². The number of anilines is 2. The molecule has 16 heavy (non-hydrogen) atoms. The van der Waals surface area contributed by atoms with Gasteiger partial charge in [0.2, 0.25) is 5.91 Å². The fourth-order valence-corrected chi connectivity index (χ4v) is 1.34. The smallest absolute Gasteiger partial charge is 0.224 e. The van der Waals surface area contributed by atoms with Crippen LogP contribution >= 0.6 is 0 Å². The van der Waals surface area contributed by atoms with Gasteiger partial charge in [-0.25, -0.2) is 0 Å². The molecule has 4 heteroatoms. The van der Waals surface area contributed by atoms with E-state index in [4.69, 9.17) is 11.0 Å². The largest absolute Gasteiger partial charge is 0.399 e. The Labute approximate surface area is 95.1 Å². The monoisotopic (exact) mass is 217 g/mol. The van der Waals surface area contributed by atoms with Gasteiger partial charge < -0.3 is 11.1 Å². The van der Waals surface area contributed by atoms with E-state index in [0.29, 0.717) is 29.3 Å². The molecule has 0 aliphatic carbocycles. The van der Waals surface area contributed by atoms with E-state index < -0.39 is 0 Å². The summed E-state index contributed by atoms with van der Waals surface area (Å²) in [5, 5.41) is 11.6. The van der Waals surface area contributed by atoms with E-state index in [2.05, 4.69) is 5.32 Å². The molecule has 0 saturated heterocycles. The van der Waals surface area contributed by atoms with Crippen molar-refractivity contribution in [2.24, 2.45) is 5.92 Å². The first kappa shape index (κ1) is 12.1. The molecule has 84 valence electrons. The van der Waals surface area contributed by atoms with Crippen LogP contribution < -0.4 is 11.1 Å². The summed E-state index contributed by atoms with van der Waals surface area (Å²) in [6.07, 6.45) is 0.440. The van der Waals surface area contributed by atoms with Crippen LogP contribution in [0, 0.1) is 17.2 Å². The van der Waals surface area contributed by atoms with Crippen LogP contribution in [0.4, 0.5) is 11.4 Å². The third-order valence-corrected chi connectivity index (χ3v) is 2.03. The Hall–Kier alpha value is -2.02. The Bertz CT molecular complexity index is 432. The zero-order valence-electron chi connectivity index (χ0n) is 9.45. The summed E-state index contributed by atoms with van der Waals surface area (Å²) in [4.78, 5) is 11.5. The summed E-state index contributed by atoms with van der Waals surface area (Å²) >= 11 is 0. The van der Waals surface area contributed by atoms with Crippen molar-refractivity contribution in [2.45, 2.75) is 20.3 Å². The zero-order valence-corrected chi connectivity index (χ0v) is 9.45. The summed E-state index contributed by atoms with van der Waals surface area (Å²) < 4.78 is 0. The number of nitrogens with two attached hydrogens (primary N) is 1. The zero-order chi connectivity index (χ0) is 12.1. The van der Waals surface area contributed by atoms with Crippen LogP contribution in [0.3, 0.4) is 0 Å². The molecule has 0 aromatic heterocycles. The molecule has 0 bridgehead atoms. The Morgan fingerprint density at radius 2 is 2.25 bits per heavy atom. The SMILES string of the molecule is CC(C)CC(=O)Nc1ccc(N)cc1C#N. The van der Waals surface area contributed by atoms with E-state index in [1.165, 1.54) is 0 Å². The fourth-order valence-electron chi connectivity index (χ4n) is 1.34. The maximum Gasteiger partial charge on any atom is 0.224 e. The lowest BCUT2D eigenvalue weighted by atomic mass is 10.1. The third kappa shape index (κ3) is 3.28. The second kappa shape index (κ2) is 5.17. The number of amides is 1. The Morgan fingerprint density at radius 1 is 1.56 bits per heavy atom. The van der Waals surface area contributed by atoms with Crippen molar-refractivity contribution in [3.05, 3.63) is 23.8 Å². The van der Waals surface area contributed by atoms with Crippen molar-refractivity contribution in [1.29, 1.82) is 5.26 Å². The molecule has 0 heterocycles. The van der Waals surface area contributed by atoms with Crippen molar-refractivity contribution in [1.82, 2.24) is 0 Å². The van der Waals surface area contributed by atoms with E-state index in [0.717, 1.165) is 0 Å². The molecule has 0 atom stereocenters. The lowest BCUT2D eigenvalue weighted by Crippen LogP contribution is -2.14. The second-order valence-electron chi connectivity index (χ2n) is 4.06. The molecule has 0 spiro atoms. The molecule has 3 N–H and O–H groups in total. The quantitative estimate of drug-likeness (QED) is 0.761. The highest BCUT2D eigenvalue weighted by molar-refractivity contribution is 5.92. The van der Waals surface area contributed by atoms with Crippen LogP contribution in [-0.2, 0) is 4.79 Å². The molecular weight excluding hydrogens is 202 g/mol. The van der Waals surface area contributed by atoms with Crippen molar-refractivity contribution in [3.63, 3.8) is 0 Å². The van der Waals surface area contributed by atoms with Gasteiger partial charge in [-0.3, -0.25) is 4.79 Å². The van der Waals surface area contributed by atoms with Gasteiger partial charge in [-0.05, 0) is 24.1 Å². The maximum absolute atomic E-state index is 11.5. The van der Waals surface area contributed by atoms with Crippen LogP contribution in [-0.4, -0.2) is 5.91 Å². The Kier molecular flexibility index (Phi) is 3.90. The standard InChI is InChI=1S/C12H15N3O/c1-8(2)5-12(16)15-11-4-3-10(14)6-9(11)7-13/h3-4,6,8H,5,14H2,1-2H3,(H,15,16). The summed E-state index contributed by atoms with van der Waals surface area (Å²) in [6, 6.07) is 6.85. The van der Waals surface area contributed by atoms with Gasteiger partial charge in [0.25, 0.3) is 0 Å². The number of hydrogen-bond acceptors (Lipinski definition) is 3. The molecule has 1 amide bonds. The number of nitrogens with one attached hydrogen (secondary N) is 1. The Morgan fingerprint density at radius 3 is 2.81 bits per heavy atom. The number of carbonyl (C=O) groups is 1. The van der Waals surface area contributed by atoms with Gasteiger partial charge in [0.05, 0.1) is 11.3 Å². The molecule has 0 unspecified atom stereocenters. The second-order valence-corrected chi connectivity index (χ2v) is 4.06. The molecule has 1 rings (SSSR count). The van der Waals surface area contributed by atoms with Crippen molar-refractivity contribution >= 4 is 17.3 Å². The van der Waals surface area contributed by atoms with E-state index >= 15 is 0 Å². The number of hydrogen-bond donors (Lipinski definition) is 2. The van der Waals surface area contributed by atoms with E-state index in [-0.39, 0.29) is 5.91 Å². The number of nitrogens with zero attached hydrogens (tertiary/aromatic N) is 1. The predicted molar refractivity (Wildman–Crippen MR) is 63.7 cm³/mol. The lowest BCUT2D eigenvalue weighted by Gasteiger charge is -2.08. The summed E-state index contributed by atoms with van der Waals surface area (Å²) in [7, 11) is 0. The van der Waals surface area contributed by atoms with E-state index in [1.807, 2.05) is 19.9 Å². The van der Waals surface area contributed by atoms with Crippen molar-refractivity contribution < 1.29 is 4.79 Å². The molecule has 0 radical (unpaired) electrons. The third-order valence-electron chi connectivity index (χ3n) is 2.03. The van der Waals surface area contributed by atoms with Gasteiger partial charge in [0, 0.05) is 12.1 Å². The van der Waals surface area contributed by atoms with E-state index in [9.17, 15) is 4.79 Å². The topological polar surface area (TPSA) is 78.9 Å². The van der Waals surface area contributed by atoms with Crippen LogP contribution in [0.25, 0.3) is 0 Å². The van der Waals surface area contributed by atoms with Gasteiger partial charge >= 0.3 is 0 Å². The molecule has 0 saturated carbocycles. The van der Waals surface area contributed by atoms with Crippen LogP contribution in [0.2, 0.25) is 0 Å². The average molecular weight is 217 g/mol. The molecule has 0 aliphatic rings. The van der Waals surface area contributed by atoms with Crippen LogP contribution in [0.1, 0.15) is 25.8 Å². The highest BCUT2D eigenvalue weighted by atomic mass is 16.1. The molecule has 0 aliphatic heterocycles. The fraction of sp³-hybridized carbons (Fsp3) is 0.333. The normalized spacial score (nSPS) is 9.88. The highest BCUT2D eigenvalue weighted by Crippen LogP contribution is 2.18. The molecular formula is C12H15N3O. The minimum absolute atomic E-state index is 0.0868. The van der Waals surface area contributed by atoms with Gasteiger partial charge in [0.15, 0.2) is 0 Å². The Balaban J connectivity index is 2.82. The van der Waals surface area contributed by atoms with Gasteiger partial charge in [-0.15, -0.1) is 0 Å². The number of nitrogen functional groups attached to an aromatic ring is 1. The summed E-state index contributed by atoms with van der Waals surface area (Å²) in [5.74, 6) is 0.204. The number of benzene rings is 1. The van der Waals surface area contributed by atoms with Crippen LogP contribution in [0.5, 0.6) is 0 Å². The summed E-state index contributed by atoms with van der Waals surface area (Å²) in [6.45, 7) is 3.93. The maximum atomic E-state index is 11.5. The van der Waals surface area contributed by atoms with Gasteiger partial charge in [-0.2, -0.15) is 5.26 Å². The molecule has 4 nitrogen and oxygen atoms in total. The number of rotatable bonds is 3. The molecule has 0 fully saturated rings. The average Bonchev–Trinajstić information content (AvgIpc) is 2.19. The van der Waals surface area contributed by atoms with E-state index in [1.54, 1.807) is 18.2 Å². The lowest BCUT2D eigenvalue weighted by molar-refractivity contribution is -0.116. The first-order chi connectivity index (χ1) is 7.52. The molecule has 1 aromatic carbocycles. The number of carbonyl (C=O) groups excluding carboxylic acids is 1. The summed E-state index contributed by atoms with van der Waals surface area (Å²) in [5.41, 5.74) is 6.97. The number of nitriles is 1. The van der Waals surface area contributed by atoms with Crippen molar-refractivity contribution in [2.75, 3.05) is 11.1 Å². The van der Waals surface area contributed by atoms with Crippen LogP contribution in [0.15, 0.2) is 18.2 Å². The minimum Gasteiger partial charge on any atom is -0.399 e. The first-order valence-corrected chi connectivity index (χ1v) is 5.12. The van der Waals surface area contributed by atoms with Gasteiger partial charge in [0.1, 0.15) is 6.07 Å².